The van der Waals surface area contributed by atoms with Gasteiger partial charge in [0, 0.05) is 31.6 Å². The molecule has 0 unspecified atom stereocenters. The largest absolute Gasteiger partial charge is 0.370 e. The van der Waals surface area contributed by atoms with E-state index in [0.717, 1.165) is 43.5 Å². The Kier molecular flexibility index (Phi) is 4.76. The molecule has 0 atom stereocenters. The topological polar surface area (TPSA) is 70.2 Å². The van der Waals surface area contributed by atoms with Gasteiger partial charge >= 0.3 is 0 Å². The van der Waals surface area contributed by atoms with Crippen LogP contribution >= 0.6 is 0 Å². The maximum Gasteiger partial charge on any atom is 0.239 e. The number of aromatic nitrogens is 2. The lowest BCUT2D eigenvalue weighted by Crippen LogP contribution is -2.33. The van der Waals surface area contributed by atoms with E-state index in [1.807, 2.05) is 17.9 Å². The van der Waals surface area contributed by atoms with Gasteiger partial charge in [0.25, 0.3) is 0 Å². The molecule has 6 nitrogen and oxygen atoms in total. The Balaban J connectivity index is 2.30. The van der Waals surface area contributed by atoms with Gasteiger partial charge in [0.2, 0.25) is 5.91 Å². The molecule has 0 saturated carbocycles. The molecule has 0 aliphatic carbocycles. The fraction of sp³-hybridized carbons (Fsp3) is 0.643. The molecule has 20 heavy (non-hydrogen) atoms. The van der Waals surface area contributed by atoms with E-state index < -0.39 is 0 Å². The SMILES string of the molecule is CCNc1cc(N2CCCNC(=O)C2)nc(C(C)C)n1. The molecule has 0 radical (unpaired) electrons. The monoisotopic (exact) mass is 277 g/mol. The quantitative estimate of drug-likeness (QED) is 0.869. The van der Waals surface area contributed by atoms with Crippen LogP contribution < -0.4 is 15.5 Å². The molecule has 1 amide bonds. The highest BCUT2D eigenvalue weighted by Gasteiger charge is 2.18. The standard InChI is InChI=1S/C14H23N5O/c1-4-15-11-8-12(18-14(17-11)10(2)3)19-7-5-6-16-13(20)9-19/h8,10H,4-7,9H2,1-3H3,(H,16,20)(H,15,17,18). The Labute approximate surface area is 120 Å². The summed E-state index contributed by atoms with van der Waals surface area (Å²) in [6.07, 6.45) is 0.934. The molecule has 2 rings (SSSR count). The molecule has 1 aromatic rings. The van der Waals surface area contributed by atoms with Crippen LogP contribution in [0.4, 0.5) is 11.6 Å². The van der Waals surface area contributed by atoms with E-state index >= 15 is 0 Å². The van der Waals surface area contributed by atoms with Crippen molar-refractivity contribution in [3.8, 4) is 0 Å². The summed E-state index contributed by atoms with van der Waals surface area (Å²) in [4.78, 5) is 22.8. The number of anilines is 2. The Morgan fingerprint density at radius 3 is 2.95 bits per heavy atom. The summed E-state index contributed by atoms with van der Waals surface area (Å²) in [5.74, 6) is 2.77. The smallest absolute Gasteiger partial charge is 0.239 e. The van der Waals surface area contributed by atoms with Crippen molar-refractivity contribution in [1.29, 1.82) is 0 Å². The first-order valence-electron chi connectivity index (χ1n) is 7.24. The first-order valence-corrected chi connectivity index (χ1v) is 7.24. The number of nitrogens with zero attached hydrogens (tertiary/aromatic N) is 3. The van der Waals surface area contributed by atoms with Crippen LogP contribution in [0.25, 0.3) is 0 Å². The van der Waals surface area contributed by atoms with Gasteiger partial charge in [0.1, 0.15) is 17.5 Å². The summed E-state index contributed by atoms with van der Waals surface area (Å²) in [5, 5.41) is 6.11. The molecule has 1 aliphatic heterocycles. The van der Waals surface area contributed by atoms with Crippen LogP contribution in [0.5, 0.6) is 0 Å². The van der Waals surface area contributed by atoms with Crippen molar-refractivity contribution in [3.63, 3.8) is 0 Å². The van der Waals surface area contributed by atoms with Gasteiger partial charge in [-0.3, -0.25) is 4.79 Å². The van der Waals surface area contributed by atoms with E-state index in [2.05, 4.69) is 34.4 Å². The minimum atomic E-state index is 0.0530. The van der Waals surface area contributed by atoms with Crippen molar-refractivity contribution < 1.29 is 4.79 Å². The van der Waals surface area contributed by atoms with Crippen LogP contribution in [-0.4, -0.2) is 42.1 Å². The lowest BCUT2D eigenvalue weighted by Gasteiger charge is -2.22. The third-order valence-corrected chi connectivity index (χ3v) is 3.19. The molecule has 110 valence electrons. The molecule has 0 aromatic carbocycles. The minimum absolute atomic E-state index is 0.0530. The molecular weight excluding hydrogens is 254 g/mol. The molecule has 1 aromatic heterocycles. The summed E-state index contributed by atoms with van der Waals surface area (Å²) in [5.41, 5.74) is 0. The number of nitrogens with one attached hydrogen (secondary N) is 2. The van der Waals surface area contributed by atoms with E-state index in [1.54, 1.807) is 0 Å². The number of hydrogen-bond acceptors (Lipinski definition) is 5. The van der Waals surface area contributed by atoms with Crippen molar-refractivity contribution in [2.75, 3.05) is 36.4 Å². The van der Waals surface area contributed by atoms with Crippen molar-refractivity contribution >= 4 is 17.5 Å². The molecule has 1 saturated heterocycles. The first-order chi connectivity index (χ1) is 9.60. The van der Waals surface area contributed by atoms with E-state index in [1.165, 1.54) is 0 Å². The van der Waals surface area contributed by atoms with E-state index in [0.29, 0.717) is 6.54 Å². The second kappa shape index (κ2) is 6.54. The zero-order valence-electron chi connectivity index (χ0n) is 12.4. The average molecular weight is 277 g/mol. The van der Waals surface area contributed by atoms with Gasteiger partial charge in [-0.1, -0.05) is 13.8 Å². The highest BCUT2D eigenvalue weighted by molar-refractivity contribution is 5.81. The van der Waals surface area contributed by atoms with Crippen LogP contribution in [0.3, 0.4) is 0 Å². The maximum atomic E-state index is 11.7. The van der Waals surface area contributed by atoms with Crippen LogP contribution in [0.2, 0.25) is 0 Å². The fourth-order valence-corrected chi connectivity index (χ4v) is 2.15. The van der Waals surface area contributed by atoms with Crippen LogP contribution in [0.15, 0.2) is 6.07 Å². The zero-order valence-corrected chi connectivity index (χ0v) is 12.4. The lowest BCUT2D eigenvalue weighted by atomic mass is 10.2. The van der Waals surface area contributed by atoms with Crippen LogP contribution in [0, 0.1) is 0 Å². The predicted octanol–water partition coefficient (Wildman–Crippen LogP) is 1.36. The summed E-state index contributed by atoms with van der Waals surface area (Å²) in [7, 11) is 0. The Morgan fingerprint density at radius 2 is 2.25 bits per heavy atom. The van der Waals surface area contributed by atoms with Crippen LogP contribution in [0.1, 0.15) is 38.9 Å². The van der Waals surface area contributed by atoms with Gasteiger partial charge in [-0.05, 0) is 13.3 Å². The molecular formula is C14H23N5O. The second-order valence-electron chi connectivity index (χ2n) is 5.28. The normalized spacial score (nSPS) is 16.0. The lowest BCUT2D eigenvalue weighted by molar-refractivity contribution is -0.119. The van der Waals surface area contributed by atoms with E-state index in [9.17, 15) is 4.79 Å². The predicted molar refractivity (Wildman–Crippen MR) is 80.1 cm³/mol. The number of rotatable bonds is 4. The fourth-order valence-electron chi connectivity index (χ4n) is 2.15. The highest BCUT2D eigenvalue weighted by atomic mass is 16.2. The van der Waals surface area contributed by atoms with E-state index in [-0.39, 0.29) is 11.8 Å². The molecule has 1 fully saturated rings. The number of carbonyl (C=O) groups excluding carboxylic acids is 1. The summed E-state index contributed by atoms with van der Waals surface area (Å²) >= 11 is 0. The second-order valence-corrected chi connectivity index (χ2v) is 5.28. The van der Waals surface area contributed by atoms with Gasteiger partial charge in [-0.25, -0.2) is 9.97 Å². The van der Waals surface area contributed by atoms with Gasteiger partial charge in [-0.15, -0.1) is 0 Å². The van der Waals surface area contributed by atoms with Gasteiger partial charge in [0.15, 0.2) is 0 Å². The molecule has 2 heterocycles. The van der Waals surface area contributed by atoms with Gasteiger partial charge < -0.3 is 15.5 Å². The number of hydrogen-bond donors (Lipinski definition) is 2. The molecule has 1 aliphatic rings. The van der Waals surface area contributed by atoms with Crippen LogP contribution in [-0.2, 0) is 4.79 Å². The Morgan fingerprint density at radius 1 is 1.45 bits per heavy atom. The van der Waals surface area contributed by atoms with Crippen molar-refractivity contribution in [3.05, 3.63) is 11.9 Å². The average Bonchev–Trinajstić information content (AvgIpc) is 2.63. The highest BCUT2D eigenvalue weighted by Crippen LogP contribution is 2.20. The third-order valence-electron chi connectivity index (χ3n) is 3.19. The first kappa shape index (κ1) is 14.6. The summed E-state index contributed by atoms with van der Waals surface area (Å²) < 4.78 is 0. The van der Waals surface area contributed by atoms with Gasteiger partial charge in [0.05, 0.1) is 6.54 Å². The summed E-state index contributed by atoms with van der Waals surface area (Å²) in [6.45, 7) is 8.93. The number of carbonyl (C=O) groups is 1. The molecule has 0 spiro atoms. The van der Waals surface area contributed by atoms with Crippen molar-refractivity contribution in [2.24, 2.45) is 0 Å². The maximum absolute atomic E-state index is 11.7. The minimum Gasteiger partial charge on any atom is -0.370 e. The third kappa shape index (κ3) is 3.59. The summed E-state index contributed by atoms with van der Waals surface area (Å²) in [6, 6.07) is 1.92. The molecule has 6 heteroatoms. The Hall–Kier alpha value is -1.85. The molecule has 0 bridgehead atoms. The zero-order chi connectivity index (χ0) is 14.5. The van der Waals surface area contributed by atoms with Crippen molar-refractivity contribution in [1.82, 2.24) is 15.3 Å². The van der Waals surface area contributed by atoms with Crippen molar-refractivity contribution in [2.45, 2.75) is 33.1 Å². The molecule has 2 N–H and O–H groups in total. The Bertz CT molecular complexity index is 475. The van der Waals surface area contributed by atoms with E-state index in [4.69, 9.17) is 0 Å². The van der Waals surface area contributed by atoms with Gasteiger partial charge in [-0.2, -0.15) is 0 Å². The number of amides is 1.